The number of benzene rings is 1. The number of thiol groups is 1. The largest absolute Gasteiger partial charge is 0.494 e. The van der Waals surface area contributed by atoms with Crippen molar-refractivity contribution in [3.63, 3.8) is 0 Å². The summed E-state index contributed by atoms with van der Waals surface area (Å²) < 4.78 is 53.6. The van der Waals surface area contributed by atoms with Crippen LogP contribution in [0.2, 0.25) is 5.02 Å². The van der Waals surface area contributed by atoms with Crippen LogP contribution in [0.5, 0.6) is 17.2 Å². The van der Waals surface area contributed by atoms with Crippen molar-refractivity contribution in [2.75, 3.05) is 37.4 Å². The molecule has 200 valence electrons. The van der Waals surface area contributed by atoms with Crippen LogP contribution in [-0.2, 0) is 16.4 Å². The van der Waals surface area contributed by atoms with Gasteiger partial charge in [-0.25, -0.2) is 12.7 Å². The van der Waals surface area contributed by atoms with Crippen LogP contribution in [0, 0.1) is 0 Å². The molecule has 1 aliphatic heterocycles. The summed E-state index contributed by atoms with van der Waals surface area (Å²) in [6.45, 7) is -0.0752. The first kappa shape index (κ1) is 26.2. The number of rotatable bonds is 9. The minimum atomic E-state index is -4.07. The summed E-state index contributed by atoms with van der Waals surface area (Å²) in [6, 6.07) is 10.2. The van der Waals surface area contributed by atoms with Gasteiger partial charge in [0.15, 0.2) is 5.76 Å². The van der Waals surface area contributed by atoms with Crippen molar-refractivity contribution in [1.82, 2.24) is 19.7 Å². The van der Waals surface area contributed by atoms with Crippen LogP contribution >= 0.6 is 24.2 Å². The molecule has 0 saturated carbocycles. The second kappa shape index (κ2) is 10.8. The molecule has 1 atom stereocenters. The number of halogens is 1. The van der Waals surface area contributed by atoms with E-state index in [2.05, 4.69) is 27.8 Å². The Bertz CT molecular complexity index is 1520. The van der Waals surface area contributed by atoms with Gasteiger partial charge in [0, 0.05) is 31.0 Å². The van der Waals surface area contributed by atoms with E-state index in [1.165, 1.54) is 31.0 Å². The Hall–Kier alpha value is -3.42. The molecule has 14 heteroatoms. The van der Waals surface area contributed by atoms with Gasteiger partial charge in [0.05, 0.1) is 31.2 Å². The van der Waals surface area contributed by atoms with Gasteiger partial charge in [-0.05, 0) is 24.3 Å². The maximum Gasteiger partial charge on any atom is 0.246 e. The lowest BCUT2D eigenvalue weighted by atomic mass is 10.1. The number of ether oxygens (including phenoxy) is 3. The molecule has 0 N–H and O–H groups in total. The van der Waals surface area contributed by atoms with E-state index in [0.29, 0.717) is 39.4 Å². The summed E-state index contributed by atoms with van der Waals surface area (Å²) >= 11 is 10.4. The molecule has 38 heavy (non-hydrogen) atoms. The second-order valence-electron chi connectivity index (χ2n) is 8.22. The zero-order valence-corrected chi connectivity index (χ0v) is 22.9. The number of methoxy groups -OCH3 is 2. The Morgan fingerprint density at radius 1 is 1.18 bits per heavy atom. The van der Waals surface area contributed by atoms with Crippen LogP contribution in [0.4, 0.5) is 5.95 Å². The number of anilines is 1. The highest BCUT2D eigenvalue weighted by Gasteiger charge is 2.40. The van der Waals surface area contributed by atoms with Crippen molar-refractivity contribution in [1.29, 1.82) is 0 Å². The smallest absolute Gasteiger partial charge is 0.246 e. The van der Waals surface area contributed by atoms with E-state index in [9.17, 15) is 8.42 Å². The average Bonchev–Trinajstić information content (AvgIpc) is 3.61. The predicted molar refractivity (Wildman–Crippen MR) is 145 cm³/mol. The molecule has 0 fully saturated rings. The van der Waals surface area contributed by atoms with Crippen molar-refractivity contribution in [3.05, 3.63) is 59.6 Å². The van der Waals surface area contributed by atoms with Crippen LogP contribution in [0.25, 0.3) is 17.3 Å². The Morgan fingerprint density at radius 3 is 2.61 bits per heavy atom. The fraction of sp³-hybridized carbons (Fsp3) is 0.292. The molecule has 11 nitrogen and oxygen atoms in total. The van der Waals surface area contributed by atoms with E-state index >= 15 is 0 Å². The first-order valence-electron chi connectivity index (χ1n) is 11.5. The molecule has 3 aromatic heterocycles. The summed E-state index contributed by atoms with van der Waals surface area (Å²) in [6.07, 6.45) is 3.09. The quantitative estimate of drug-likeness (QED) is 0.297. The summed E-state index contributed by atoms with van der Waals surface area (Å²) in [5, 5.41) is 8.09. The lowest BCUT2D eigenvalue weighted by Crippen LogP contribution is -2.46. The van der Waals surface area contributed by atoms with Gasteiger partial charge in [-0.1, -0.05) is 17.7 Å². The Labute approximate surface area is 229 Å². The molecular formula is C24H24ClN5O6S2. The normalized spacial score (nSPS) is 15.0. The zero-order valence-electron chi connectivity index (χ0n) is 20.4. The number of aromatic nitrogens is 4. The van der Waals surface area contributed by atoms with E-state index in [1.807, 2.05) is 0 Å². The van der Waals surface area contributed by atoms with Crippen LogP contribution < -0.4 is 18.5 Å². The number of hydrogen-bond donors (Lipinski definition) is 1. The van der Waals surface area contributed by atoms with Gasteiger partial charge >= 0.3 is 0 Å². The minimum absolute atomic E-state index is 0.0105. The third-order valence-electron chi connectivity index (χ3n) is 6.01. The molecule has 1 aliphatic rings. The standard InChI is InChI=1S/C24H24ClN5O6S2/c1-33-18-5-3-6-19(34-2)22(18)30-23(20-7-4-9-35-20)27-28-24(30)29(8-10-37)38(31,32)16-12-17-21(36-14-16)11-15(25)13-26-17/h3-7,9,11,13,16,37H,8,10,12,14H2,1-2H3/t16-/m1/s1. The lowest BCUT2D eigenvalue weighted by molar-refractivity contribution is 0.285. The van der Waals surface area contributed by atoms with Gasteiger partial charge in [0.2, 0.25) is 21.8 Å². The summed E-state index contributed by atoms with van der Waals surface area (Å²) in [4.78, 5) is 4.28. The number of pyridine rings is 1. The number of sulfonamides is 1. The molecule has 1 aromatic carbocycles. The summed E-state index contributed by atoms with van der Waals surface area (Å²) in [5.41, 5.74) is 0.911. The topological polar surface area (TPSA) is 122 Å². The number of fused-ring (bicyclic) bond motifs is 1. The van der Waals surface area contributed by atoms with E-state index in [-0.39, 0.29) is 37.1 Å². The molecule has 4 heterocycles. The highest BCUT2D eigenvalue weighted by molar-refractivity contribution is 7.93. The fourth-order valence-corrected chi connectivity index (χ4v) is 6.39. The van der Waals surface area contributed by atoms with Crippen molar-refractivity contribution >= 4 is 40.2 Å². The number of hydrogen-bond acceptors (Lipinski definition) is 10. The molecule has 4 aromatic rings. The van der Waals surface area contributed by atoms with Gasteiger partial charge in [-0.3, -0.25) is 9.55 Å². The molecule has 0 aliphatic carbocycles. The van der Waals surface area contributed by atoms with Gasteiger partial charge in [-0.15, -0.1) is 10.2 Å². The SMILES string of the molecule is COc1cccc(OC)c1-n1c(-c2ccco2)nnc1N(CCS)S(=O)(=O)[C@H]1COc2cc(Cl)cnc2C1. The van der Waals surface area contributed by atoms with Gasteiger partial charge < -0.3 is 18.6 Å². The van der Waals surface area contributed by atoms with Crippen LogP contribution in [0.3, 0.4) is 0 Å². The van der Waals surface area contributed by atoms with Gasteiger partial charge in [-0.2, -0.15) is 12.6 Å². The molecular weight excluding hydrogens is 554 g/mol. The molecule has 0 saturated heterocycles. The molecule has 0 unspecified atom stereocenters. The summed E-state index contributed by atoms with van der Waals surface area (Å²) in [7, 11) is -1.05. The van der Waals surface area contributed by atoms with Gasteiger partial charge in [0.25, 0.3) is 0 Å². The van der Waals surface area contributed by atoms with Crippen molar-refractivity contribution in [3.8, 4) is 34.5 Å². The maximum atomic E-state index is 14.1. The third kappa shape index (κ3) is 4.65. The summed E-state index contributed by atoms with van der Waals surface area (Å²) in [5.74, 6) is 2.15. The predicted octanol–water partition coefficient (Wildman–Crippen LogP) is 3.66. The lowest BCUT2D eigenvalue weighted by Gasteiger charge is -2.31. The number of furan rings is 1. The Balaban J connectivity index is 1.67. The van der Waals surface area contributed by atoms with Crippen LogP contribution in [-0.4, -0.2) is 66.5 Å². The second-order valence-corrected chi connectivity index (χ2v) is 11.2. The third-order valence-corrected chi connectivity index (χ3v) is 8.52. The first-order chi connectivity index (χ1) is 18.4. The average molecular weight is 578 g/mol. The van der Waals surface area contributed by atoms with E-state index in [1.54, 1.807) is 41.0 Å². The molecule has 0 radical (unpaired) electrons. The molecule has 0 amide bonds. The van der Waals surface area contributed by atoms with Crippen LogP contribution in [0.1, 0.15) is 5.69 Å². The Morgan fingerprint density at radius 2 is 1.95 bits per heavy atom. The fourth-order valence-electron chi connectivity index (χ4n) is 4.25. The van der Waals surface area contributed by atoms with Crippen molar-refractivity contribution < 1.29 is 27.0 Å². The van der Waals surface area contributed by atoms with Crippen molar-refractivity contribution in [2.45, 2.75) is 11.7 Å². The minimum Gasteiger partial charge on any atom is -0.494 e. The molecule has 0 bridgehead atoms. The van der Waals surface area contributed by atoms with Crippen LogP contribution in [0.15, 0.2) is 53.3 Å². The number of nitrogens with zero attached hydrogens (tertiary/aromatic N) is 5. The van der Waals surface area contributed by atoms with E-state index in [0.717, 1.165) is 0 Å². The zero-order chi connectivity index (χ0) is 26.9. The maximum absolute atomic E-state index is 14.1. The van der Waals surface area contributed by atoms with Crippen molar-refractivity contribution in [2.24, 2.45) is 0 Å². The number of para-hydroxylation sites is 1. The van der Waals surface area contributed by atoms with Gasteiger partial charge in [0.1, 0.15) is 34.8 Å². The monoisotopic (exact) mass is 577 g/mol. The molecule has 0 spiro atoms. The molecule has 5 rings (SSSR count). The highest BCUT2D eigenvalue weighted by atomic mass is 35.5. The Kier molecular flexibility index (Phi) is 7.41. The highest BCUT2D eigenvalue weighted by Crippen LogP contribution is 2.39. The van der Waals surface area contributed by atoms with E-state index in [4.69, 9.17) is 30.2 Å². The first-order valence-corrected chi connectivity index (χ1v) is 14.0. The van der Waals surface area contributed by atoms with E-state index < -0.39 is 15.3 Å².